The summed E-state index contributed by atoms with van der Waals surface area (Å²) < 4.78 is 0. The fraction of sp³-hybridized carbons (Fsp3) is 0.0667. The van der Waals surface area contributed by atoms with Gasteiger partial charge in [0.25, 0.3) is 0 Å². The van der Waals surface area contributed by atoms with E-state index in [0.717, 1.165) is 15.5 Å². The summed E-state index contributed by atoms with van der Waals surface area (Å²) in [6.45, 7) is 1.46. The van der Waals surface area contributed by atoms with E-state index in [0.29, 0.717) is 5.56 Å². The van der Waals surface area contributed by atoms with E-state index >= 15 is 0 Å². The molecule has 0 bridgehead atoms. The van der Waals surface area contributed by atoms with E-state index in [-0.39, 0.29) is 5.91 Å². The predicted molar refractivity (Wildman–Crippen MR) is 79.8 cm³/mol. The number of hydrogen-bond donors (Lipinski definition) is 2. The molecule has 0 aliphatic carbocycles. The van der Waals surface area contributed by atoms with Crippen LogP contribution in [0.15, 0.2) is 58.3 Å². The van der Waals surface area contributed by atoms with Gasteiger partial charge in [-0.3, -0.25) is 9.59 Å². The van der Waals surface area contributed by atoms with Gasteiger partial charge in [-0.1, -0.05) is 23.9 Å². The van der Waals surface area contributed by atoms with Gasteiger partial charge in [-0.15, -0.1) is 0 Å². The number of nitrogens with one attached hydrogen (secondary N) is 1. The number of carbonyl (C=O) groups is 2. The highest BCUT2D eigenvalue weighted by molar-refractivity contribution is 7.99. The van der Waals surface area contributed by atoms with Gasteiger partial charge in [0.15, 0.2) is 0 Å². The van der Waals surface area contributed by atoms with Crippen LogP contribution in [0.2, 0.25) is 0 Å². The lowest BCUT2D eigenvalue weighted by atomic mass is 10.2. The van der Waals surface area contributed by atoms with E-state index in [4.69, 9.17) is 5.73 Å². The van der Waals surface area contributed by atoms with Crippen molar-refractivity contribution in [2.75, 3.05) is 5.32 Å². The third-order valence-corrected chi connectivity index (χ3v) is 3.64. The first-order valence-electron chi connectivity index (χ1n) is 6.00. The molecule has 2 amide bonds. The molecule has 0 atom stereocenters. The summed E-state index contributed by atoms with van der Waals surface area (Å²) in [5.41, 5.74) is 6.59. The molecule has 3 N–H and O–H groups in total. The molecule has 0 aliphatic rings. The highest BCUT2D eigenvalue weighted by Gasteiger charge is 2.08. The predicted octanol–water partition coefficient (Wildman–Crippen LogP) is 2.90. The van der Waals surface area contributed by atoms with Gasteiger partial charge in [-0.25, -0.2) is 0 Å². The van der Waals surface area contributed by atoms with Gasteiger partial charge in [0.1, 0.15) is 0 Å². The number of nitrogens with two attached hydrogens (primary N) is 1. The zero-order valence-corrected chi connectivity index (χ0v) is 11.7. The Morgan fingerprint density at radius 1 is 1.05 bits per heavy atom. The Morgan fingerprint density at radius 3 is 2.30 bits per heavy atom. The molecule has 0 aliphatic heterocycles. The van der Waals surface area contributed by atoms with E-state index in [1.54, 1.807) is 12.1 Å². The summed E-state index contributed by atoms with van der Waals surface area (Å²) in [5, 5.41) is 2.70. The molecule has 0 saturated heterocycles. The summed E-state index contributed by atoms with van der Waals surface area (Å²) in [7, 11) is 0. The fourth-order valence-corrected chi connectivity index (χ4v) is 2.65. The van der Waals surface area contributed by atoms with Crippen LogP contribution in [0.1, 0.15) is 17.3 Å². The van der Waals surface area contributed by atoms with Crippen molar-refractivity contribution in [3.8, 4) is 0 Å². The zero-order valence-electron chi connectivity index (χ0n) is 10.9. The zero-order chi connectivity index (χ0) is 14.5. The molecule has 0 aromatic heterocycles. The lowest BCUT2D eigenvalue weighted by Crippen LogP contribution is -2.11. The number of benzene rings is 2. The molecule has 0 saturated carbocycles. The van der Waals surface area contributed by atoms with Gasteiger partial charge in [0.05, 0.1) is 5.56 Å². The minimum atomic E-state index is -0.442. The molecule has 0 spiro atoms. The summed E-state index contributed by atoms with van der Waals surface area (Å²) in [6.07, 6.45) is 0. The number of carbonyl (C=O) groups excluding carboxylic acids is 2. The van der Waals surface area contributed by atoms with Crippen LogP contribution < -0.4 is 11.1 Å². The maximum absolute atomic E-state index is 11.3. The molecular weight excluding hydrogens is 272 g/mol. The molecule has 20 heavy (non-hydrogen) atoms. The van der Waals surface area contributed by atoms with E-state index in [9.17, 15) is 9.59 Å². The van der Waals surface area contributed by atoms with E-state index in [2.05, 4.69) is 5.32 Å². The highest BCUT2D eigenvalue weighted by atomic mass is 32.2. The van der Waals surface area contributed by atoms with Crippen molar-refractivity contribution in [3.63, 3.8) is 0 Å². The summed E-state index contributed by atoms with van der Waals surface area (Å²) in [4.78, 5) is 24.1. The van der Waals surface area contributed by atoms with Crippen LogP contribution in [0, 0.1) is 0 Å². The summed E-state index contributed by atoms with van der Waals surface area (Å²) >= 11 is 1.46. The molecule has 0 unspecified atom stereocenters. The van der Waals surface area contributed by atoms with Crippen molar-refractivity contribution in [2.24, 2.45) is 5.73 Å². The Labute approximate surface area is 121 Å². The standard InChI is InChI=1S/C15H14N2O2S/c1-10(18)17-11-6-8-12(9-7-11)20-14-5-3-2-4-13(14)15(16)19/h2-9H,1H3,(H2,16,19)(H,17,18). The van der Waals surface area contributed by atoms with Crippen molar-refractivity contribution in [2.45, 2.75) is 16.7 Å². The third kappa shape index (κ3) is 3.61. The average molecular weight is 286 g/mol. The van der Waals surface area contributed by atoms with Crippen molar-refractivity contribution in [3.05, 3.63) is 54.1 Å². The number of amides is 2. The minimum absolute atomic E-state index is 0.107. The van der Waals surface area contributed by atoms with Crippen molar-refractivity contribution < 1.29 is 9.59 Å². The maximum atomic E-state index is 11.3. The monoisotopic (exact) mass is 286 g/mol. The first-order chi connectivity index (χ1) is 9.56. The lowest BCUT2D eigenvalue weighted by molar-refractivity contribution is -0.114. The van der Waals surface area contributed by atoms with Crippen LogP contribution >= 0.6 is 11.8 Å². The average Bonchev–Trinajstić information content (AvgIpc) is 2.41. The van der Waals surface area contributed by atoms with E-state index < -0.39 is 5.91 Å². The number of hydrogen-bond acceptors (Lipinski definition) is 3. The molecule has 102 valence electrons. The topological polar surface area (TPSA) is 72.2 Å². The molecule has 2 aromatic rings. The Balaban J connectivity index is 2.18. The molecule has 4 nitrogen and oxygen atoms in total. The van der Waals surface area contributed by atoms with Crippen LogP contribution in [0.3, 0.4) is 0 Å². The van der Waals surface area contributed by atoms with Crippen LogP contribution in [0.4, 0.5) is 5.69 Å². The normalized spacial score (nSPS) is 10.1. The van der Waals surface area contributed by atoms with Gasteiger partial charge >= 0.3 is 0 Å². The molecule has 2 aromatic carbocycles. The molecule has 0 fully saturated rings. The van der Waals surface area contributed by atoms with Gasteiger partial charge in [0.2, 0.25) is 11.8 Å². The quantitative estimate of drug-likeness (QED) is 0.907. The third-order valence-electron chi connectivity index (χ3n) is 2.56. The first-order valence-corrected chi connectivity index (χ1v) is 6.82. The second-order valence-corrected chi connectivity index (χ2v) is 5.28. The SMILES string of the molecule is CC(=O)Nc1ccc(Sc2ccccc2C(N)=O)cc1. The number of primary amides is 1. The van der Waals surface area contributed by atoms with Crippen LogP contribution in [0.25, 0.3) is 0 Å². The first kappa shape index (κ1) is 14.1. The van der Waals surface area contributed by atoms with Crippen LogP contribution in [-0.2, 0) is 4.79 Å². The highest BCUT2D eigenvalue weighted by Crippen LogP contribution is 2.30. The van der Waals surface area contributed by atoms with Gasteiger partial charge in [-0.05, 0) is 36.4 Å². The van der Waals surface area contributed by atoms with Gasteiger partial charge in [0, 0.05) is 22.4 Å². The van der Waals surface area contributed by atoms with E-state index in [1.807, 2.05) is 36.4 Å². The van der Waals surface area contributed by atoms with Crippen molar-refractivity contribution in [1.29, 1.82) is 0 Å². The summed E-state index contributed by atoms with van der Waals surface area (Å²) in [5.74, 6) is -0.549. The fourth-order valence-electron chi connectivity index (χ4n) is 1.70. The van der Waals surface area contributed by atoms with Crippen molar-refractivity contribution >= 4 is 29.3 Å². The second-order valence-electron chi connectivity index (χ2n) is 4.17. The Bertz CT molecular complexity index is 639. The smallest absolute Gasteiger partial charge is 0.249 e. The lowest BCUT2D eigenvalue weighted by Gasteiger charge is -2.07. The largest absolute Gasteiger partial charge is 0.366 e. The van der Waals surface area contributed by atoms with Gasteiger partial charge in [-0.2, -0.15) is 0 Å². The Kier molecular flexibility index (Phi) is 4.42. The molecule has 5 heteroatoms. The maximum Gasteiger partial charge on any atom is 0.249 e. The molecule has 0 radical (unpaired) electrons. The van der Waals surface area contributed by atoms with E-state index in [1.165, 1.54) is 18.7 Å². The minimum Gasteiger partial charge on any atom is -0.366 e. The van der Waals surface area contributed by atoms with Gasteiger partial charge < -0.3 is 11.1 Å². The van der Waals surface area contributed by atoms with Crippen LogP contribution in [0.5, 0.6) is 0 Å². The Morgan fingerprint density at radius 2 is 1.70 bits per heavy atom. The molecule has 0 heterocycles. The number of rotatable bonds is 4. The summed E-state index contributed by atoms with van der Waals surface area (Å²) in [6, 6.07) is 14.6. The molecular formula is C15H14N2O2S. The number of anilines is 1. The second kappa shape index (κ2) is 6.25. The molecule has 2 rings (SSSR count). The Hall–Kier alpha value is -2.27. The van der Waals surface area contributed by atoms with Crippen molar-refractivity contribution in [1.82, 2.24) is 0 Å². The van der Waals surface area contributed by atoms with Crippen LogP contribution in [-0.4, -0.2) is 11.8 Å².